The molecule has 25 heavy (non-hydrogen) atoms. The van der Waals surface area contributed by atoms with Crippen molar-refractivity contribution in [3.05, 3.63) is 53.5 Å². The van der Waals surface area contributed by atoms with Crippen LogP contribution in [-0.4, -0.2) is 39.1 Å². The molecule has 1 fully saturated rings. The lowest BCUT2D eigenvalue weighted by molar-refractivity contribution is -0.687. The highest BCUT2D eigenvalue weighted by Gasteiger charge is 2.51. The maximum atomic E-state index is 11.9. The van der Waals surface area contributed by atoms with E-state index >= 15 is 0 Å². The Kier molecular flexibility index (Phi) is 4.94. The number of allylic oxidation sites excluding steroid dienone is 3. The van der Waals surface area contributed by atoms with Crippen LogP contribution in [0.25, 0.3) is 0 Å². The highest BCUT2D eigenvalue weighted by atomic mass is 35.5. The molecule has 0 bridgehead atoms. The van der Waals surface area contributed by atoms with Crippen molar-refractivity contribution in [2.24, 2.45) is 11.5 Å². The highest BCUT2D eigenvalue weighted by Crippen LogP contribution is 2.40. The second-order valence-corrected chi connectivity index (χ2v) is 7.08. The fraction of sp³-hybridized carbons (Fsp3) is 0.250. The van der Waals surface area contributed by atoms with E-state index in [4.69, 9.17) is 23.1 Å². The molecule has 1 aromatic heterocycles. The molecule has 130 valence electrons. The first kappa shape index (κ1) is 17.7. The third kappa shape index (κ3) is 3.33. The summed E-state index contributed by atoms with van der Waals surface area (Å²) in [6, 6.07) is 2.68. The summed E-state index contributed by atoms with van der Waals surface area (Å²) in [6.45, 7) is 0.522. The maximum absolute atomic E-state index is 11.9. The van der Waals surface area contributed by atoms with E-state index in [-0.39, 0.29) is 17.0 Å². The molecule has 1 aromatic rings. The zero-order valence-corrected chi connectivity index (χ0v) is 14.7. The van der Waals surface area contributed by atoms with Crippen molar-refractivity contribution < 1.29 is 19.0 Å². The second kappa shape index (κ2) is 6.99. The third-order valence-electron chi connectivity index (χ3n) is 4.04. The van der Waals surface area contributed by atoms with Crippen LogP contribution in [0.15, 0.2) is 47.9 Å². The predicted molar refractivity (Wildman–Crippen MR) is 93.2 cm³/mol. The summed E-state index contributed by atoms with van der Waals surface area (Å²) in [5.74, 6) is -0.217. The molecular formula is C16H16ClN4O3S+. The first-order valence-electron chi connectivity index (χ1n) is 7.49. The summed E-state index contributed by atoms with van der Waals surface area (Å²) < 4.78 is 1.84. The minimum atomic E-state index is -0.663. The van der Waals surface area contributed by atoms with E-state index in [1.807, 2.05) is 10.6 Å². The Hall–Kier alpha value is -2.16. The van der Waals surface area contributed by atoms with Crippen molar-refractivity contribution >= 4 is 40.4 Å². The van der Waals surface area contributed by atoms with Gasteiger partial charge in [-0.25, -0.2) is 4.57 Å². The van der Waals surface area contributed by atoms with Crippen molar-refractivity contribution in [1.29, 1.82) is 0 Å². The zero-order valence-electron chi connectivity index (χ0n) is 13.1. The standard InChI is InChI=1S/C16H15ClN4O3S/c17-13(22)12-10(8-25-16-11(18)15(24)21(12)16)2-1-5-20-6-3-9(4-7-20)14(19)23/h1-4,6-7,11,16H,5,8,18H2,(H-,19,23)/p+1/t11-,16-/m1/s1. The molecule has 2 aliphatic heterocycles. The minimum absolute atomic E-state index is 0.211. The SMILES string of the molecule is NC(=O)c1cc[n+](CC=CC2=C(C(=O)Cl)N3C(=O)[C@@H](N)[C@H]3SC2)cc1. The summed E-state index contributed by atoms with van der Waals surface area (Å²) >= 11 is 7.19. The van der Waals surface area contributed by atoms with Crippen molar-refractivity contribution in [1.82, 2.24) is 4.90 Å². The van der Waals surface area contributed by atoms with Crippen LogP contribution < -0.4 is 16.0 Å². The normalized spacial score (nSPS) is 22.8. The Morgan fingerprint density at radius 2 is 2.08 bits per heavy atom. The monoisotopic (exact) mass is 379 g/mol. The number of hydrogen-bond acceptors (Lipinski definition) is 5. The minimum Gasteiger partial charge on any atom is -0.366 e. The third-order valence-corrected chi connectivity index (χ3v) is 5.54. The van der Waals surface area contributed by atoms with Crippen molar-refractivity contribution in [3.63, 3.8) is 0 Å². The van der Waals surface area contributed by atoms with Crippen molar-refractivity contribution in [2.75, 3.05) is 5.75 Å². The largest absolute Gasteiger partial charge is 0.366 e. The van der Waals surface area contributed by atoms with Gasteiger partial charge in [-0.05, 0) is 23.3 Å². The lowest BCUT2D eigenvalue weighted by atomic mass is 10.0. The molecular weight excluding hydrogens is 364 g/mol. The van der Waals surface area contributed by atoms with Crippen LogP contribution in [0.3, 0.4) is 0 Å². The second-order valence-electron chi connectivity index (χ2n) is 5.63. The van der Waals surface area contributed by atoms with Crippen LogP contribution in [0.4, 0.5) is 0 Å². The number of aromatic nitrogens is 1. The zero-order chi connectivity index (χ0) is 18.1. The Balaban J connectivity index is 1.76. The number of carbonyl (C=O) groups is 3. The van der Waals surface area contributed by atoms with Gasteiger partial charge in [0.15, 0.2) is 18.9 Å². The average Bonchev–Trinajstić information content (AvgIpc) is 2.60. The van der Waals surface area contributed by atoms with E-state index in [0.29, 0.717) is 23.4 Å². The summed E-state index contributed by atoms with van der Waals surface area (Å²) in [5, 5.41) is -0.887. The number of rotatable bonds is 5. The number of halogens is 1. The first-order chi connectivity index (χ1) is 11.9. The molecule has 0 unspecified atom stereocenters. The van der Waals surface area contributed by atoms with E-state index < -0.39 is 17.2 Å². The van der Waals surface area contributed by atoms with Gasteiger partial charge in [0.2, 0.25) is 11.8 Å². The molecule has 0 aliphatic carbocycles. The molecule has 4 N–H and O–H groups in total. The van der Waals surface area contributed by atoms with E-state index in [0.717, 1.165) is 0 Å². The number of fused-ring (bicyclic) bond motifs is 1. The van der Waals surface area contributed by atoms with E-state index in [1.54, 1.807) is 30.6 Å². The van der Waals surface area contributed by atoms with Gasteiger partial charge in [-0.2, -0.15) is 0 Å². The number of hydrogen-bond donors (Lipinski definition) is 2. The molecule has 2 amide bonds. The van der Waals surface area contributed by atoms with Crippen molar-refractivity contribution in [2.45, 2.75) is 18.0 Å². The fourth-order valence-electron chi connectivity index (χ4n) is 2.71. The summed E-state index contributed by atoms with van der Waals surface area (Å²) in [5.41, 5.74) is 12.3. The number of nitrogens with zero attached hydrogens (tertiary/aromatic N) is 2. The molecule has 0 saturated carbocycles. The van der Waals surface area contributed by atoms with Crippen molar-refractivity contribution in [3.8, 4) is 0 Å². The van der Waals surface area contributed by atoms with Gasteiger partial charge in [0.05, 0.1) is 5.56 Å². The van der Waals surface area contributed by atoms with Gasteiger partial charge in [-0.1, -0.05) is 6.08 Å². The van der Waals surface area contributed by atoms with Gasteiger partial charge in [-0.15, -0.1) is 11.8 Å². The van der Waals surface area contributed by atoms with Gasteiger partial charge in [0.25, 0.3) is 5.24 Å². The number of β-lactam (4-membered cyclic amide) rings is 1. The quantitative estimate of drug-likeness (QED) is 0.421. The highest BCUT2D eigenvalue weighted by molar-refractivity contribution is 8.00. The van der Waals surface area contributed by atoms with Gasteiger partial charge >= 0.3 is 0 Å². The lowest BCUT2D eigenvalue weighted by Crippen LogP contribution is -2.68. The van der Waals surface area contributed by atoms with Crippen LogP contribution in [0.5, 0.6) is 0 Å². The molecule has 9 heteroatoms. The predicted octanol–water partition coefficient (Wildman–Crippen LogP) is -0.109. The van der Waals surface area contributed by atoms with Gasteiger partial charge in [0, 0.05) is 17.9 Å². The molecule has 1 saturated heterocycles. The molecule has 2 aliphatic rings. The number of carbonyl (C=O) groups excluding carboxylic acids is 3. The molecule has 0 aromatic carbocycles. The van der Waals surface area contributed by atoms with E-state index in [1.165, 1.54) is 16.7 Å². The topological polar surface area (TPSA) is 110 Å². The van der Waals surface area contributed by atoms with E-state index in [9.17, 15) is 14.4 Å². The summed E-state index contributed by atoms with van der Waals surface area (Å²) in [4.78, 5) is 36.1. The molecule has 7 nitrogen and oxygen atoms in total. The molecule has 3 rings (SSSR count). The Bertz CT molecular complexity index is 806. The summed E-state index contributed by atoms with van der Waals surface area (Å²) in [6.07, 6.45) is 7.10. The van der Waals surface area contributed by atoms with E-state index in [2.05, 4.69) is 0 Å². The molecule has 2 atom stereocenters. The Morgan fingerprint density at radius 3 is 2.68 bits per heavy atom. The average molecular weight is 380 g/mol. The Morgan fingerprint density at radius 1 is 1.40 bits per heavy atom. The van der Waals surface area contributed by atoms with Crippen LogP contribution in [0, 0.1) is 0 Å². The maximum Gasteiger partial charge on any atom is 0.269 e. The first-order valence-corrected chi connectivity index (χ1v) is 8.91. The molecule has 0 radical (unpaired) electrons. The van der Waals surface area contributed by atoms with Gasteiger partial charge in [0.1, 0.15) is 17.1 Å². The number of primary amides is 1. The smallest absolute Gasteiger partial charge is 0.269 e. The van der Waals surface area contributed by atoms with Gasteiger partial charge in [-0.3, -0.25) is 19.3 Å². The number of thioether (sulfide) groups is 1. The van der Waals surface area contributed by atoms with Crippen LogP contribution in [0.1, 0.15) is 10.4 Å². The van der Waals surface area contributed by atoms with Crippen LogP contribution >= 0.6 is 23.4 Å². The number of pyridine rings is 1. The van der Waals surface area contributed by atoms with Gasteiger partial charge < -0.3 is 11.5 Å². The fourth-order valence-corrected chi connectivity index (χ4v) is 4.19. The Labute approximate surface area is 153 Å². The molecule has 3 heterocycles. The molecule has 0 spiro atoms. The number of amides is 2. The lowest BCUT2D eigenvalue weighted by Gasteiger charge is -2.48. The summed E-state index contributed by atoms with van der Waals surface area (Å²) in [7, 11) is 0. The van der Waals surface area contributed by atoms with Crippen LogP contribution in [0.2, 0.25) is 0 Å². The number of nitrogens with two attached hydrogens (primary N) is 2. The van der Waals surface area contributed by atoms with Crippen LogP contribution in [-0.2, 0) is 16.1 Å².